The molecule has 0 aliphatic heterocycles. The Labute approximate surface area is 169 Å². The van der Waals surface area contributed by atoms with Gasteiger partial charge in [-0.3, -0.25) is 0 Å². The molecule has 0 nitrogen and oxygen atoms in total. The summed E-state index contributed by atoms with van der Waals surface area (Å²) in [6, 6.07) is 11.1. The van der Waals surface area contributed by atoms with Gasteiger partial charge in [-0.2, -0.15) is 13.2 Å². The van der Waals surface area contributed by atoms with Crippen molar-refractivity contribution in [1.29, 1.82) is 0 Å². The Bertz CT molecular complexity index is 865. The quantitative estimate of drug-likeness (QED) is 0.360. The third kappa shape index (κ3) is 4.26. The van der Waals surface area contributed by atoms with Crippen LogP contribution in [-0.4, -0.2) is 0 Å². The molecule has 2 aliphatic carbocycles. The average Bonchev–Trinajstić information content (AvgIpc) is 2.72. The van der Waals surface area contributed by atoms with E-state index in [0.29, 0.717) is 17.4 Å². The molecule has 0 heterocycles. The molecule has 4 atom stereocenters. The predicted octanol–water partition coefficient (Wildman–Crippen LogP) is 8.00. The Morgan fingerprint density at radius 2 is 1.48 bits per heavy atom. The maximum absolute atomic E-state index is 13.9. The molecule has 29 heavy (non-hydrogen) atoms. The number of hydrogen-bond donors (Lipinski definition) is 0. The van der Waals surface area contributed by atoms with E-state index < -0.39 is 17.6 Å². The molecular weight excluding hydrogens is 376 g/mol. The first-order valence-corrected chi connectivity index (χ1v) is 10.4. The first kappa shape index (κ1) is 20.2. The first-order valence-electron chi connectivity index (χ1n) is 10.4. The van der Waals surface area contributed by atoms with Crippen LogP contribution >= 0.6 is 0 Å². The minimum atomic E-state index is -4.67. The van der Waals surface area contributed by atoms with Crippen LogP contribution in [0.25, 0.3) is 11.1 Å². The fourth-order valence-corrected chi connectivity index (χ4v) is 5.31. The SMILES string of the molecule is C=CC1CCC2CC(c3ccc(-c4ccc(C(F)(F)F)c(F)c4)cc3)CCC2C1. The van der Waals surface area contributed by atoms with Gasteiger partial charge in [0.25, 0.3) is 0 Å². The monoisotopic (exact) mass is 402 g/mol. The van der Waals surface area contributed by atoms with E-state index in [1.807, 2.05) is 12.1 Å². The fraction of sp³-hybridized carbons (Fsp3) is 0.440. The van der Waals surface area contributed by atoms with Crippen molar-refractivity contribution in [2.45, 2.75) is 50.6 Å². The topological polar surface area (TPSA) is 0 Å². The Morgan fingerprint density at radius 1 is 0.828 bits per heavy atom. The van der Waals surface area contributed by atoms with Crippen molar-refractivity contribution < 1.29 is 17.6 Å². The molecule has 2 aliphatic rings. The lowest BCUT2D eigenvalue weighted by molar-refractivity contribution is -0.139. The summed E-state index contributed by atoms with van der Waals surface area (Å²) in [4.78, 5) is 0. The number of rotatable bonds is 3. The second kappa shape index (κ2) is 7.97. The molecule has 2 aromatic rings. The highest BCUT2D eigenvalue weighted by atomic mass is 19.4. The molecule has 0 N–H and O–H groups in total. The lowest BCUT2D eigenvalue weighted by Crippen LogP contribution is -2.29. The van der Waals surface area contributed by atoms with Gasteiger partial charge in [-0.15, -0.1) is 6.58 Å². The van der Waals surface area contributed by atoms with Crippen molar-refractivity contribution in [2.24, 2.45) is 17.8 Å². The van der Waals surface area contributed by atoms with Crippen LogP contribution < -0.4 is 0 Å². The molecule has 0 spiro atoms. The summed E-state index contributed by atoms with van der Waals surface area (Å²) in [7, 11) is 0. The summed E-state index contributed by atoms with van der Waals surface area (Å²) in [6.45, 7) is 3.96. The van der Waals surface area contributed by atoms with E-state index in [4.69, 9.17) is 0 Å². The maximum Gasteiger partial charge on any atom is 0.419 e. The molecule has 154 valence electrons. The lowest BCUT2D eigenvalue weighted by Gasteiger charge is -2.41. The number of allylic oxidation sites excluding steroid dienone is 1. The highest BCUT2D eigenvalue weighted by Gasteiger charge is 2.35. The zero-order valence-corrected chi connectivity index (χ0v) is 16.4. The van der Waals surface area contributed by atoms with Gasteiger partial charge in [0.1, 0.15) is 5.82 Å². The van der Waals surface area contributed by atoms with Gasteiger partial charge in [0.05, 0.1) is 5.56 Å². The lowest BCUT2D eigenvalue weighted by atomic mass is 9.64. The van der Waals surface area contributed by atoms with Crippen molar-refractivity contribution in [3.8, 4) is 11.1 Å². The van der Waals surface area contributed by atoms with Crippen molar-refractivity contribution in [1.82, 2.24) is 0 Å². The van der Waals surface area contributed by atoms with Gasteiger partial charge in [-0.05, 0) is 91.0 Å². The summed E-state index contributed by atoms with van der Waals surface area (Å²) in [5, 5.41) is 0. The van der Waals surface area contributed by atoms with E-state index in [2.05, 4.69) is 24.8 Å². The largest absolute Gasteiger partial charge is 0.419 e. The molecule has 4 unspecified atom stereocenters. The molecule has 0 saturated heterocycles. The fourth-order valence-electron chi connectivity index (χ4n) is 5.31. The summed E-state index contributed by atoms with van der Waals surface area (Å²) in [6.07, 6.45) is 4.89. The van der Waals surface area contributed by atoms with Gasteiger partial charge in [-0.1, -0.05) is 36.4 Å². The van der Waals surface area contributed by atoms with Crippen LogP contribution in [0.15, 0.2) is 55.1 Å². The third-order valence-electron chi connectivity index (χ3n) is 6.98. The highest BCUT2D eigenvalue weighted by Crippen LogP contribution is 2.48. The maximum atomic E-state index is 13.9. The molecule has 0 amide bonds. The number of halogens is 4. The van der Waals surface area contributed by atoms with Crippen molar-refractivity contribution >= 4 is 0 Å². The molecule has 0 aromatic heterocycles. The van der Waals surface area contributed by atoms with Gasteiger partial charge < -0.3 is 0 Å². The smallest absolute Gasteiger partial charge is 0.206 e. The van der Waals surface area contributed by atoms with Gasteiger partial charge in [0.15, 0.2) is 0 Å². The van der Waals surface area contributed by atoms with Gasteiger partial charge in [-0.25, -0.2) is 4.39 Å². The second-order valence-corrected chi connectivity index (χ2v) is 8.65. The van der Waals surface area contributed by atoms with E-state index in [1.54, 1.807) is 0 Å². The minimum Gasteiger partial charge on any atom is -0.206 e. The van der Waals surface area contributed by atoms with Crippen LogP contribution in [0.3, 0.4) is 0 Å². The molecule has 2 aromatic carbocycles. The Balaban J connectivity index is 1.46. The van der Waals surface area contributed by atoms with Crippen LogP contribution in [-0.2, 0) is 6.18 Å². The van der Waals surface area contributed by atoms with E-state index >= 15 is 0 Å². The standard InChI is InChI=1S/C25H26F4/c1-2-16-3-4-21-14-20(10-9-19(21)13-16)17-5-7-18(8-6-17)22-11-12-23(24(26)15-22)25(27,28)29/h2,5-8,11-12,15-16,19-21H,1,3-4,9-10,13-14H2. The van der Waals surface area contributed by atoms with Crippen molar-refractivity contribution in [2.75, 3.05) is 0 Å². The Kier molecular flexibility index (Phi) is 5.54. The van der Waals surface area contributed by atoms with E-state index in [-0.39, 0.29) is 0 Å². The van der Waals surface area contributed by atoms with E-state index in [9.17, 15) is 17.6 Å². The van der Waals surface area contributed by atoms with Crippen molar-refractivity contribution in [3.05, 3.63) is 72.1 Å². The van der Waals surface area contributed by atoms with E-state index in [0.717, 1.165) is 29.5 Å². The van der Waals surface area contributed by atoms with Gasteiger partial charge >= 0.3 is 6.18 Å². The molecule has 2 saturated carbocycles. The van der Waals surface area contributed by atoms with Crippen LogP contribution in [0.5, 0.6) is 0 Å². The molecule has 2 fully saturated rings. The van der Waals surface area contributed by atoms with E-state index in [1.165, 1.54) is 50.2 Å². The van der Waals surface area contributed by atoms with Crippen LogP contribution in [0.2, 0.25) is 0 Å². The van der Waals surface area contributed by atoms with Gasteiger partial charge in [0.2, 0.25) is 0 Å². The number of alkyl halides is 3. The zero-order chi connectivity index (χ0) is 20.6. The van der Waals surface area contributed by atoms with Gasteiger partial charge in [0, 0.05) is 0 Å². The normalized spacial score (nSPS) is 27.3. The molecule has 0 radical (unpaired) electrons. The Hall–Kier alpha value is -2.10. The Morgan fingerprint density at radius 3 is 2.14 bits per heavy atom. The van der Waals surface area contributed by atoms with Crippen molar-refractivity contribution in [3.63, 3.8) is 0 Å². The number of benzene rings is 2. The molecular formula is C25H26F4. The molecule has 4 heteroatoms. The summed E-state index contributed by atoms with van der Waals surface area (Å²) >= 11 is 0. The minimum absolute atomic E-state index is 0.466. The summed E-state index contributed by atoms with van der Waals surface area (Å²) in [5.41, 5.74) is 1.27. The summed E-state index contributed by atoms with van der Waals surface area (Å²) in [5.74, 6) is 1.59. The molecule has 4 rings (SSSR count). The van der Waals surface area contributed by atoms with Crippen LogP contribution in [0, 0.1) is 23.6 Å². The number of hydrogen-bond acceptors (Lipinski definition) is 0. The third-order valence-corrected chi connectivity index (χ3v) is 6.98. The highest BCUT2D eigenvalue weighted by molar-refractivity contribution is 5.64. The second-order valence-electron chi connectivity index (χ2n) is 8.65. The average molecular weight is 402 g/mol. The zero-order valence-electron chi connectivity index (χ0n) is 16.4. The summed E-state index contributed by atoms with van der Waals surface area (Å²) < 4.78 is 52.2. The van der Waals surface area contributed by atoms with Crippen LogP contribution in [0.1, 0.15) is 55.6 Å². The number of fused-ring (bicyclic) bond motifs is 1. The molecule has 0 bridgehead atoms. The van der Waals surface area contributed by atoms with Crippen LogP contribution in [0.4, 0.5) is 17.6 Å². The predicted molar refractivity (Wildman–Crippen MR) is 108 cm³/mol. The first-order chi connectivity index (χ1) is 13.8.